The molecule has 0 bridgehead atoms. The van der Waals surface area contributed by atoms with Crippen LogP contribution in [0, 0.1) is 0 Å². The average molecular weight is 262 g/mol. The van der Waals surface area contributed by atoms with Crippen LogP contribution < -0.4 is 5.73 Å². The van der Waals surface area contributed by atoms with Crippen LogP contribution in [0.25, 0.3) is 0 Å². The zero-order valence-electron chi connectivity index (χ0n) is 11.6. The molecule has 1 aromatic carbocycles. The molecule has 1 aliphatic heterocycles. The largest absolute Gasteiger partial charge is 0.366 e. The van der Waals surface area contributed by atoms with Crippen LogP contribution in [0.1, 0.15) is 53.6 Å². The summed E-state index contributed by atoms with van der Waals surface area (Å²) in [5.74, 6) is 0.241. The second kappa shape index (κ2) is 4.97. The summed E-state index contributed by atoms with van der Waals surface area (Å²) in [6, 6.07) is 6.65. The summed E-state index contributed by atoms with van der Waals surface area (Å²) in [5, 5.41) is 0. The number of nitrogens with zero attached hydrogens (tertiary/aromatic N) is 1. The van der Waals surface area contributed by atoms with Gasteiger partial charge in [0.1, 0.15) is 0 Å². The van der Waals surface area contributed by atoms with E-state index in [4.69, 9.17) is 5.73 Å². The molecule has 1 amide bonds. The molecule has 2 aliphatic rings. The molecule has 3 rings (SSSR count). The van der Waals surface area contributed by atoms with Crippen molar-refractivity contribution < 1.29 is 4.79 Å². The van der Waals surface area contributed by atoms with Gasteiger partial charge in [0.2, 0.25) is 5.91 Å². The Hall–Kier alpha value is -1.35. The molecule has 1 fully saturated rings. The minimum Gasteiger partial charge on any atom is -0.366 e. The number of aryl methyl sites for hydroxylation is 1. The third-order valence-electron chi connectivity index (χ3n) is 4.71. The molecule has 1 heterocycles. The standard InChI is InChI=1S/C16H22N2O/c1-2-9-18-10-8-12-14(18)7-6-11-4-3-5-13(15(11)12)16(17)19/h3-5,12,14H,2,6-10H2,1H3,(H2,17,19)/t12-,14-/m1/s1/i16+1,17+1,19+2. The van der Waals surface area contributed by atoms with Gasteiger partial charge >= 0.3 is 0 Å². The predicted molar refractivity (Wildman–Crippen MR) is 76.3 cm³/mol. The van der Waals surface area contributed by atoms with E-state index < -0.39 is 0 Å². The summed E-state index contributed by atoms with van der Waals surface area (Å²) in [7, 11) is 0. The van der Waals surface area contributed by atoms with Crippen LogP contribution in [0.15, 0.2) is 18.2 Å². The molecule has 0 saturated carbocycles. The first-order chi connectivity index (χ1) is 9.22. The third-order valence-corrected chi connectivity index (χ3v) is 4.71. The van der Waals surface area contributed by atoms with Gasteiger partial charge in [-0.1, -0.05) is 19.1 Å². The summed E-state index contributed by atoms with van der Waals surface area (Å²) in [6.45, 7) is 4.57. The molecule has 2 atom stereocenters. The quantitative estimate of drug-likeness (QED) is 0.516. The summed E-state index contributed by atoms with van der Waals surface area (Å²) in [6.07, 6.45) is 4.67. The van der Waals surface area contributed by atoms with Crippen molar-refractivity contribution in [3.05, 3.63) is 34.9 Å². The van der Waals surface area contributed by atoms with Crippen LogP contribution >= 0.6 is 0 Å². The average Bonchev–Trinajstić information content (AvgIpc) is 2.82. The molecule has 19 heavy (non-hydrogen) atoms. The number of carbonyl (C=O) groups excluding carboxylic acids is 1. The molecule has 1 aromatic rings. The molecule has 0 spiro atoms. The normalized spacial score (nSPS) is 25.9. The van der Waals surface area contributed by atoms with Crippen LogP contribution in [0.3, 0.4) is 0 Å². The highest BCUT2D eigenvalue weighted by atomic mass is 18.1. The highest BCUT2D eigenvalue weighted by Crippen LogP contribution is 2.42. The van der Waals surface area contributed by atoms with Gasteiger partial charge in [-0.05, 0) is 56.0 Å². The zero-order chi connectivity index (χ0) is 13.4. The molecule has 1 aliphatic carbocycles. The topological polar surface area (TPSA) is 46.3 Å². The molecule has 3 heteroatoms. The third kappa shape index (κ3) is 2.06. The Labute approximate surface area is 114 Å². The van der Waals surface area contributed by atoms with Gasteiger partial charge in [0, 0.05) is 17.5 Å². The van der Waals surface area contributed by atoms with Gasteiger partial charge in [0.25, 0.3) is 0 Å². The van der Waals surface area contributed by atoms with Crippen molar-refractivity contribution in [1.29, 1.82) is 0 Å². The number of likely N-dealkylation sites (tertiary alicyclic amines) is 1. The number of amides is 1. The SMILES string of the molecule is CCCN1CC[C@H]2c3c(cccc3[13C]([15NH2])=[18O])CC[C@H]21. The first-order valence-electron chi connectivity index (χ1n) is 7.38. The van der Waals surface area contributed by atoms with Crippen LogP contribution in [-0.4, -0.2) is 29.9 Å². The van der Waals surface area contributed by atoms with E-state index in [0.717, 1.165) is 18.5 Å². The molecule has 0 radical (unpaired) electrons. The smallest absolute Gasteiger partial charge is 0.248 e. The van der Waals surface area contributed by atoms with Gasteiger partial charge in [-0.3, -0.25) is 9.69 Å². The van der Waals surface area contributed by atoms with Crippen molar-refractivity contribution >= 4 is 5.91 Å². The number of carbonyl (C=O) groups is 1. The second-order valence-corrected chi connectivity index (χ2v) is 5.78. The van der Waals surface area contributed by atoms with Crippen LogP contribution in [-0.2, 0) is 6.42 Å². The molecule has 102 valence electrons. The van der Waals surface area contributed by atoms with Gasteiger partial charge in [-0.15, -0.1) is 0 Å². The van der Waals surface area contributed by atoms with Crippen molar-refractivity contribution in [3.63, 3.8) is 0 Å². The molecule has 0 aromatic heterocycles. The monoisotopic (exact) mass is 262 g/mol. The number of hydrogen-bond donors (Lipinski definition) is 1. The van der Waals surface area contributed by atoms with E-state index in [-0.39, 0.29) is 5.91 Å². The van der Waals surface area contributed by atoms with Gasteiger partial charge in [0.15, 0.2) is 0 Å². The lowest BCUT2D eigenvalue weighted by molar-refractivity contribution is 0.0998. The van der Waals surface area contributed by atoms with E-state index in [0.29, 0.717) is 12.0 Å². The van der Waals surface area contributed by atoms with Crippen LogP contribution in [0.4, 0.5) is 0 Å². The Bertz CT molecular complexity index is 498. The Morgan fingerprint density at radius 3 is 3.00 bits per heavy atom. The number of primary amides is 1. The molecule has 2 N–H and O–H groups in total. The number of nitrogens with two attached hydrogens (primary N) is 1. The highest BCUT2D eigenvalue weighted by molar-refractivity contribution is 5.95. The van der Waals surface area contributed by atoms with Crippen LogP contribution in [0.5, 0.6) is 0 Å². The molecular weight excluding hydrogens is 240 g/mol. The maximum absolute atomic E-state index is 11.7. The summed E-state index contributed by atoms with van der Waals surface area (Å²) < 4.78 is 0. The maximum Gasteiger partial charge on any atom is 0.248 e. The second-order valence-electron chi connectivity index (χ2n) is 5.78. The summed E-state index contributed by atoms with van der Waals surface area (Å²) >= 11 is 0. The van der Waals surface area contributed by atoms with Gasteiger partial charge in [-0.2, -0.15) is 0 Å². The van der Waals surface area contributed by atoms with Crippen molar-refractivity contribution in [2.45, 2.75) is 44.6 Å². The van der Waals surface area contributed by atoms with E-state index in [1.54, 1.807) is 0 Å². The summed E-state index contributed by atoms with van der Waals surface area (Å²) in [4.78, 5) is 14.3. The van der Waals surface area contributed by atoms with Crippen LogP contribution in [0.2, 0.25) is 0 Å². The van der Waals surface area contributed by atoms with Crippen molar-refractivity contribution in [2.24, 2.45) is 5.73 Å². The van der Waals surface area contributed by atoms with Crippen molar-refractivity contribution in [1.82, 2.24) is 4.90 Å². The fourth-order valence-electron chi connectivity index (χ4n) is 3.99. The van der Waals surface area contributed by atoms with Gasteiger partial charge in [-0.25, -0.2) is 0 Å². The molecule has 1 saturated heterocycles. The Morgan fingerprint density at radius 1 is 1.42 bits per heavy atom. The number of fused-ring (bicyclic) bond motifs is 3. The van der Waals surface area contributed by atoms with Crippen molar-refractivity contribution in [2.75, 3.05) is 13.1 Å². The molecule has 0 unspecified atom stereocenters. The maximum atomic E-state index is 11.7. The van der Waals surface area contributed by atoms with E-state index in [1.165, 1.54) is 36.9 Å². The first-order valence-corrected chi connectivity index (χ1v) is 7.38. The lowest BCUT2D eigenvalue weighted by Gasteiger charge is -2.34. The van der Waals surface area contributed by atoms with E-state index in [2.05, 4.69) is 17.9 Å². The number of rotatable bonds is 3. The van der Waals surface area contributed by atoms with E-state index >= 15 is 0 Å². The minimum absolute atomic E-state index is 0.272. The van der Waals surface area contributed by atoms with E-state index in [1.807, 2.05) is 12.1 Å². The molecule has 3 nitrogen and oxygen atoms in total. The zero-order valence-corrected chi connectivity index (χ0v) is 11.6. The Kier molecular flexibility index (Phi) is 3.31. The summed E-state index contributed by atoms with van der Waals surface area (Å²) in [5.41, 5.74) is 8.91. The minimum atomic E-state index is -0.272. The van der Waals surface area contributed by atoms with Crippen molar-refractivity contribution in [3.8, 4) is 0 Å². The van der Waals surface area contributed by atoms with Gasteiger partial charge < -0.3 is 5.73 Å². The number of benzene rings is 1. The van der Waals surface area contributed by atoms with Gasteiger partial charge in [0.05, 0.1) is 0 Å². The fourth-order valence-corrected chi connectivity index (χ4v) is 3.99. The molecular formula is C16H22N2O. The predicted octanol–water partition coefficient (Wildman–Crippen LogP) is 2.30. The highest BCUT2D eigenvalue weighted by Gasteiger charge is 2.39. The Balaban J connectivity index is 1.99. The number of hydrogen-bond acceptors (Lipinski definition) is 2. The lowest BCUT2D eigenvalue weighted by atomic mass is 9.78. The first kappa shape index (κ1) is 12.7. The lowest BCUT2D eigenvalue weighted by Crippen LogP contribution is -2.36. The fraction of sp³-hybridized carbons (Fsp3) is 0.562. The van der Waals surface area contributed by atoms with E-state index in [9.17, 15) is 4.79 Å². The Morgan fingerprint density at radius 2 is 2.26 bits per heavy atom.